The molecule has 72 valence electrons. The first-order chi connectivity index (χ1) is 6.18. The van der Waals surface area contributed by atoms with Crippen molar-refractivity contribution >= 4 is 16.5 Å². The lowest BCUT2D eigenvalue weighted by atomic mass is 10.3. The van der Waals surface area contributed by atoms with Crippen molar-refractivity contribution in [2.24, 2.45) is 0 Å². The van der Waals surface area contributed by atoms with Crippen molar-refractivity contribution < 1.29 is 0 Å². The van der Waals surface area contributed by atoms with Gasteiger partial charge in [0.25, 0.3) is 0 Å². The molecule has 0 spiro atoms. The molecule has 3 nitrogen and oxygen atoms in total. The highest BCUT2D eigenvalue weighted by molar-refractivity contribution is 7.15. The minimum absolute atomic E-state index is 0.916. The molecule has 1 aromatic heterocycles. The third-order valence-corrected chi connectivity index (χ3v) is 2.30. The van der Waals surface area contributed by atoms with Crippen LogP contribution in [0.1, 0.15) is 25.3 Å². The zero-order valence-corrected chi connectivity index (χ0v) is 9.11. The van der Waals surface area contributed by atoms with Crippen LogP contribution >= 0.6 is 11.3 Å². The van der Waals surface area contributed by atoms with Gasteiger partial charge in [-0.3, -0.25) is 0 Å². The summed E-state index contributed by atoms with van der Waals surface area (Å²) < 4.78 is 0. The van der Waals surface area contributed by atoms with E-state index in [0.29, 0.717) is 0 Å². The number of aromatic nitrogens is 2. The molecule has 0 amide bonds. The maximum Gasteiger partial charge on any atom is 0.205 e. The van der Waals surface area contributed by atoms with Crippen molar-refractivity contribution in [3.63, 3.8) is 0 Å². The first-order valence-corrected chi connectivity index (χ1v) is 5.17. The summed E-state index contributed by atoms with van der Waals surface area (Å²) in [5.74, 6) is 0. The molecule has 1 rings (SSSR count). The molecule has 13 heavy (non-hydrogen) atoms. The zero-order valence-electron chi connectivity index (χ0n) is 8.29. The fraction of sp³-hybridized carbons (Fsp3) is 0.556. The van der Waals surface area contributed by atoms with Crippen molar-refractivity contribution in [3.05, 3.63) is 16.7 Å². The fourth-order valence-corrected chi connectivity index (χ4v) is 1.53. The molecule has 1 aromatic rings. The van der Waals surface area contributed by atoms with E-state index in [9.17, 15) is 0 Å². The molecular weight excluding hydrogens is 182 g/mol. The molecule has 0 aliphatic carbocycles. The average Bonchev–Trinajstić information content (AvgIpc) is 2.45. The summed E-state index contributed by atoms with van der Waals surface area (Å²) in [6.45, 7) is 7.10. The van der Waals surface area contributed by atoms with E-state index in [1.54, 1.807) is 11.3 Å². The third-order valence-electron chi connectivity index (χ3n) is 1.50. The maximum absolute atomic E-state index is 3.97. The van der Waals surface area contributed by atoms with Crippen LogP contribution in [0.25, 0.3) is 0 Å². The summed E-state index contributed by atoms with van der Waals surface area (Å²) in [5, 5.41) is 13.0. The first-order valence-electron chi connectivity index (χ1n) is 4.36. The standard InChI is InChI=1S/C9H15N3S/c1-7(2)5-4-6-10-9-12-11-8(3)13-9/h5H,4,6H2,1-3H3,(H,10,12). The molecule has 0 aliphatic rings. The van der Waals surface area contributed by atoms with Crippen LogP contribution in [0.4, 0.5) is 5.13 Å². The monoisotopic (exact) mass is 197 g/mol. The van der Waals surface area contributed by atoms with Gasteiger partial charge in [-0.2, -0.15) is 0 Å². The summed E-state index contributed by atoms with van der Waals surface area (Å²) in [6.07, 6.45) is 3.25. The van der Waals surface area contributed by atoms with Gasteiger partial charge in [-0.25, -0.2) is 0 Å². The SMILES string of the molecule is CC(C)=CCCNc1nnc(C)s1. The van der Waals surface area contributed by atoms with Gasteiger partial charge in [0.1, 0.15) is 5.01 Å². The molecule has 0 radical (unpaired) electrons. The second-order valence-corrected chi connectivity index (χ2v) is 4.30. The van der Waals surface area contributed by atoms with Crippen LogP contribution < -0.4 is 5.32 Å². The quantitative estimate of drug-likeness (QED) is 0.595. The van der Waals surface area contributed by atoms with Crippen LogP contribution in [0, 0.1) is 6.92 Å². The van der Waals surface area contributed by atoms with E-state index < -0.39 is 0 Å². The molecule has 0 saturated heterocycles. The fourth-order valence-electron chi connectivity index (χ4n) is 0.908. The van der Waals surface area contributed by atoms with E-state index in [4.69, 9.17) is 0 Å². The van der Waals surface area contributed by atoms with Crippen molar-refractivity contribution in [1.29, 1.82) is 0 Å². The van der Waals surface area contributed by atoms with Crippen LogP contribution in [0.3, 0.4) is 0 Å². The number of nitrogens with zero attached hydrogens (tertiary/aromatic N) is 2. The Morgan fingerprint density at radius 1 is 1.46 bits per heavy atom. The number of allylic oxidation sites excluding steroid dienone is 1. The van der Waals surface area contributed by atoms with Crippen molar-refractivity contribution in [2.75, 3.05) is 11.9 Å². The van der Waals surface area contributed by atoms with E-state index in [1.165, 1.54) is 5.57 Å². The molecule has 4 heteroatoms. The Morgan fingerprint density at radius 2 is 2.23 bits per heavy atom. The lowest BCUT2D eigenvalue weighted by Crippen LogP contribution is -1.99. The Hall–Kier alpha value is -0.900. The largest absolute Gasteiger partial charge is 0.360 e. The Labute approximate surface area is 82.9 Å². The summed E-state index contributed by atoms with van der Waals surface area (Å²) in [6, 6.07) is 0. The van der Waals surface area contributed by atoms with E-state index in [-0.39, 0.29) is 0 Å². The van der Waals surface area contributed by atoms with E-state index in [1.807, 2.05) is 6.92 Å². The van der Waals surface area contributed by atoms with Gasteiger partial charge in [-0.15, -0.1) is 10.2 Å². The number of aryl methyl sites for hydroxylation is 1. The number of rotatable bonds is 4. The van der Waals surface area contributed by atoms with Gasteiger partial charge in [0.05, 0.1) is 0 Å². The minimum Gasteiger partial charge on any atom is -0.360 e. The molecule has 1 heterocycles. The first kappa shape index (κ1) is 10.2. The summed E-state index contributed by atoms with van der Waals surface area (Å²) in [5.41, 5.74) is 1.36. The highest BCUT2D eigenvalue weighted by Crippen LogP contribution is 2.13. The van der Waals surface area contributed by atoms with Gasteiger partial charge >= 0.3 is 0 Å². The Kier molecular flexibility index (Phi) is 3.89. The highest BCUT2D eigenvalue weighted by Gasteiger charge is 1.96. The Morgan fingerprint density at radius 3 is 2.77 bits per heavy atom. The Balaban J connectivity index is 2.24. The van der Waals surface area contributed by atoms with Gasteiger partial charge in [0, 0.05) is 6.54 Å². The lowest BCUT2D eigenvalue weighted by molar-refractivity contribution is 1.00. The molecule has 0 unspecified atom stereocenters. The molecule has 0 bridgehead atoms. The van der Waals surface area contributed by atoms with Gasteiger partial charge in [-0.05, 0) is 27.2 Å². The predicted molar refractivity (Wildman–Crippen MR) is 57.2 cm³/mol. The predicted octanol–water partition coefficient (Wildman–Crippen LogP) is 2.61. The van der Waals surface area contributed by atoms with E-state index >= 15 is 0 Å². The Bertz CT molecular complexity index is 287. The van der Waals surface area contributed by atoms with Crippen LogP contribution in [0.15, 0.2) is 11.6 Å². The molecule has 0 fully saturated rings. The number of nitrogens with one attached hydrogen (secondary N) is 1. The number of hydrogen-bond donors (Lipinski definition) is 1. The van der Waals surface area contributed by atoms with Gasteiger partial charge < -0.3 is 5.32 Å². The lowest BCUT2D eigenvalue weighted by Gasteiger charge is -1.97. The topological polar surface area (TPSA) is 37.8 Å². The molecular formula is C9H15N3S. The second-order valence-electron chi connectivity index (χ2n) is 3.12. The van der Waals surface area contributed by atoms with Gasteiger partial charge in [0.2, 0.25) is 5.13 Å². The van der Waals surface area contributed by atoms with Crippen LogP contribution in [-0.2, 0) is 0 Å². The molecule has 0 aromatic carbocycles. The molecule has 1 N–H and O–H groups in total. The van der Waals surface area contributed by atoms with Crippen molar-refractivity contribution in [3.8, 4) is 0 Å². The summed E-state index contributed by atoms with van der Waals surface area (Å²) in [7, 11) is 0. The highest BCUT2D eigenvalue weighted by atomic mass is 32.1. The van der Waals surface area contributed by atoms with Crippen molar-refractivity contribution in [2.45, 2.75) is 27.2 Å². The van der Waals surface area contributed by atoms with Gasteiger partial charge in [-0.1, -0.05) is 23.0 Å². The normalized spacial score (nSPS) is 9.77. The van der Waals surface area contributed by atoms with E-state index in [0.717, 1.165) is 23.1 Å². The summed E-state index contributed by atoms with van der Waals surface area (Å²) >= 11 is 1.59. The zero-order chi connectivity index (χ0) is 9.68. The third kappa shape index (κ3) is 4.03. The van der Waals surface area contributed by atoms with Gasteiger partial charge in [0.15, 0.2) is 0 Å². The molecule has 0 aliphatic heterocycles. The number of hydrogen-bond acceptors (Lipinski definition) is 4. The van der Waals surface area contributed by atoms with Crippen LogP contribution in [0.5, 0.6) is 0 Å². The smallest absolute Gasteiger partial charge is 0.205 e. The van der Waals surface area contributed by atoms with E-state index in [2.05, 4.69) is 35.4 Å². The van der Waals surface area contributed by atoms with Crippen LogP contribution in [-0.4, -0.2) is 16.7 Å². The average molecular weight is 197 g/mol. The van der Waals surface area contributed by atoms with Crippen molar-refractivity contribution in [1.82, 2.24) is 10.2 Å². The summed E-state index contributed by atoms with van der Waals surface area (Å²) in [4.78, 5) is 0. The minimum atomic E-state index is 0.916. The molecule has 0 saturated carbocycles. The molecule has 0 atom stereocenters. The number of anilines is 1. The second kappa shape index (κ2) is 4.97. The maximum atomic E-state index is 3.97. The van der Waals surface area contributed by atoms with Crippen LogP contribution in [0.2, 0.25) is 0 Å².